The Morgan fingerprint density at radius 3 is 2.41 bits per heavy atom. The third-order valence-corrected chi connectivity index (χ3v) is 6.81. The van der Waals surface area contributed by atoms with E-state index in [2.05, 4.69) is 27.1 Å². The topological polar surface area (TPSA) is 61.4 Å². The number of piperazine rings is 1. The number of hydrogen-bond acceptors (Lipinski definition) is 5. The lowest BCUT2D eigenvalue weighted by Crippen LogP contribution is -2.51. The Balaban J connectivity index is 1.47. The lowest BCUT2D eigenvalue weighted by atomic mass is 9.95. The van der Waals surface area contributed by atoms with E-state index in [4.69, 9.17) is 0 Å². The van der Waals surface area contributed by atoms with Crippen LogP contribution in [0.25, 0.3) is 0 Å². The summed E-state index contributed by atoms with van der Waals surface area (Å²) in [5.41, 5.74) is 2.24. The van der Waals surface area contributed by atoms with Crippen molar-refractivity contribution in [2.24, 2.45) is 0 Å². The fourth-order valence-corrected chi connectivity index (χ4v) is 4.84. The number of anilines is 1. The summed E-state index contributed by atoms with van der Waals surface area (Å²) < 4.78 is 39.0. The Bertz CT molecular complexity index is 1000. The molecular weight excluding hydrogens is 443 g/mol. The molecular formula is C25H32F3N5O. The summed E-state index contributed by atoms with van der Waals surface area (Å²) in [5.74, 6) is 0.799. The maximum atomic E-state index is 13.5. The summed E-state index contributed by atoms with van der Waals surface area (Å²) in [5, 5.41) is 3.28. The smallest absolute Gasteiger partial charge is 0.353 e. The highest BCUT2D eigenvalue weighted by Crippen LogP contribution is 2.37. The van der Waals surface area contributed by atoms with Crippen LogP contribution in [0.4, 0.5) is 19.0 Å². The number of nitrogens with one attached hydrogen (secondary N) is 1. The molecule has 0 unspecified atom stereocenters. The van der Waals surface area contributed by atoms with E-state index in [0.29, 0.717) is 44.2 Å². The molecule has 2 aliphatic rings. The van der Waals surface area contributed by atoms with Gasteiger partial charge in [-0.25, -0.2) is 9.97 Å². The number of rotatable bonds is 6. The molecule has 1 fully saturated rings. The molecule has 1 aliphatic heterocycles. The number of carbonyl (C=O) groups excluding carboxylic acids is 1. The normalized spacial score (nSPS) is 19.4. The van der Waals surface area contributed by atoms with E-state index in [1.807, 2.05) is 18.7 Å². The van der Waals surface area contributed by atoms with Crippen LogP contribution in [0.3, 0.4) is 0 Å². The highest BCUT2D eigenvalue weighted by molar-refractivity contribution is 5.84. The standard InChI is InChI=1S/C25H32F3N5O/c1-16(2)29-14-20(18-5-7-19(8-6-18)25(26,27)28)24(34)33-12-10-32(11-13-33)23-22-17(3)4-9-21(22)30-15-31-23/h5-8,15-17,20,29H,4,9-14H2,1-3H3/t17-,20-/m1/s1. The van der Waals surface area contributed by atoms with Crippen molar-refractivity contribution in [3.8, 4) is 0 Å². The number of amides is 1. The van der Waals surface area contributed by atoms with Crippen LogP contribution in [0.1, 0.15) is 61.4 Å². The van der Waals surface area contributed by atoms with Crippen LogP contribution in [0.2, 0.25) is 0 Å². The van der Waals surface area contributed by atoms with Crippen molar-refractivity contribution < 1.29 is 18.0 Å². The van der Waals surface area contributed by atoms with E-state index >= 15 is 0 Å². The Hall–Kier alpha value is -2.68. The number of hydrogen-bond donors (Lipinski definition) is 1. The average molecular weight is 476 g/mol. The fourth-order valence-electron chi connectivity index (χ4n) is 4.84. The summed E-state index contributed by atoms with van der Waals surface area (Å²) in [6.07, 6.45) is -0.718. The summed E-state index contributed by atoms with van der Waals surface area (Å²) in [4.78, 5) is 26.6. The zero-order valence-corrected chi connectivity index (χ0v) is 19.9. The molecule has 1 N–H and O–H groups in total. The highest BCUT2D eigenvalue weighted by atomic mass is 19.4. The van der Waals surface area contributed by atoms with Gasteiger partial charge in [0.15, 0.2) is 0 Å². The molecule has 2 heterocycles. The maximum absolute atomic E-state index is 13.5. The molecule has 1 amide bonds. The summed E-state index contributed by atoms with van der Waals surface area (Å²) in [6, 6.07) is 5.12. The van der Waals surface area contributed by atoms with E-state index in [-0.39, 0.29) is 11.9 Å². The Kier molecular flexibility index (Phi) is 7.12. The van der Waals surface area contributed by atoms with Gasteiger partial charge in [0, 0.05) is 50.0 Å². The molecule has 34 heavy (non-hydrogen) atoms. The van der Waals surface area contributed by atoms with Crippen molar-refractivity contribution in [2.75, 3.05) is 37.6 Å². The van der Waals surface area contributed by atoms with Crippen molar-refractivity contribution in [3.63, 3.8) is 0 Å². The van der Waals surface area contributed by atoms with Gasteiger partial charge >= 0.3 is 6.18 Å². The second-order valence-electron chi connectivity index (χ2n) is 9.55. The molecule has 4 rings (SSSR count). The quantitative estimate of drug-likeness (QED) is 0.685. The molecule has 184 valence electrons. The largest absolute Gasteiger partial charge is 0.416 e. The van der Waals surface area contributed by atoms with Gasteiger partial charge in [-0.1, -0.05) is 32.9 Å². The van der Waals surface area contributed by atoms with Crippen molar-refractivity contribution in [1.29, 1.82) is 0 Å². The van der Waals surface area contributed by atoms with Gasteiger partial charge in [-0.15, -0.1) is 0 Å². The number of nitrogens with zero attached hydrogens (tertiary/aromatic N) is 4. The van der Waals surface area contributed by atoms with Crippen LogP contribution in [-0.2, 0) is 17.4 Å². The van der Waals surface area contributed by atoms with Crippen molar-refractivity contribution in [2.45, 2.75) is 57.7 Å². The minimum absolute atomic E-state index is 0.0613. The lowest BCUT2D eigenvalue weighted by Gasteiger charge is -2.38. The van der Waals surface area contributed by atoms with Crippen LogP contribution in [0, 0.1) is 0 Å². The van der Waals surface area contributed by atoms with Crippen molar-refractivity contribution in [1.82, 2.24) is 20.2 Å². The number of alkyl halides is 3. The molecule has 0 saturated carbocycles. The first-order chi connectivity index (χ1) is 16.1. The zero-order valence-electron chi connectivity index (χ0n) is 19.9. The minimum atomic E-state index is -4.40. The first-order valence-electron chi connectivity index (χ1n) is 11.9. The Labute approximate surface area is 198 Å². The Morgan fingerprint density at radius 1 is 1.12 bits per heavy atom. The van der Waals surface area contributed by atoms with E-state index in [1.165, 1.54) is 17.7 Å². The lowest BCUT2D eigenvalue weighted by molar-refractivity contribution is -0.137. The van der Waals surface area contributed by atoms with Gasteiger partial charge in [0.25, 0.3) is 0 Å². The van der Waals surface area contributed by atoms with Crippen LogP contribution in [-0.4, -0.2) is 59.5 Å². The molecule has 9 heteroatoms. The van der Waals surface area contributed by atoms with E-state index in [0.717, 1.165) is 36.5 Å². The van der Waals surface area contributed by atoms with Gasteiger partial charge in [-0.3, -0.25) is 4.79 Å². The van der Waals surface area contributed by atoms with Crippen LogP contribution in [0.15, 0.2) is 30.6 Å². The monoisotopic (exact) mass is 475 g/mol. The summed E-state index contributed by atoms with van der Waals surface area (Å²) >= 11 is 0. The summed E-state index contributed by atoms with van der Waals surface area (Å²) in [7, 11) is 0. The fraction of sp³-hybridized carbons (Fsp3) is 0.560. The van der Waals surface area contributed by atoms with Gasteiger partial charge in [-0.05, 0) is 36.5 Å². The first kappa shape index (κ1) is 24.4. The number of benzene rings is 1. The predicted molar refractivity (Wildman–Crippen MR) is 125 cm³/mol. The Morgan fingerprint density at radius 2 is 1.79 bits per heavy atom. The SMILES string of the molecule is CC(C)NC[C@@H](C(=O)N1CCN(c2ncnc3c2[C@H](C)CC3)CC1)c1ccc(C(F)(F)F)cc1. The second-order valence-corrected chi connectivity index (χ2v) is 9.55. The highest BCUT2D eigenvalue weighted by Gasteiger charge is 2.33. The van der Waals surface area contributed by atoms with Gasteiger partial charge in [0.2, 0.25) is 5.91 Å². The van der Waals surface area contributed by atoms with Gasteiger partial charge in [-0.2, -0.15) is 13.2 Å². The second kappa shape index (κ2) is 9.90. The van der Waals surface area contributed by atoms with Crippen LogP contribution >= 0.6 is 0 Å². The summed E-state index contributed by atoms with van der Waals surface area (Å²) in [6.45, 7) is 8.96. The number of carbonyl (C=O) groups is 1. The molecule has 6 nitrogen and oxygen atoms in total. The van der Waals surface area contributed by atoms with Gasteiger partial charge in [0.05, 0.1) is 11.5 Å². The van der Waals surface area contributed by atoms with Crippen molar-refractivity contribution >= 4 is 11.7 Å². The zero-order chi connectivity index (χ0) is 24.5. The van der Waals surface area contributed by atoms with Gasteiger partial charge < -0.3 is 15.1 Å². The molecule has 0 radical (unpaired) electrons. The number of fused-ring (bicyclic) bond motifs is 1. The molecule has 2 aromatic rings. The van der Waals surface area contributed by atoms with Crippen LogP contribution < -0.4 is 10.2 Å². The molecule has 0 bridgehead atoms. The third kappa shape index (κ3) is 5.19. The molecule has 1 aromatic carbocycles. The predicted octanol–water partition coefficient (Wildman–Crippen LogP) is 3.98. The molecule has 2 atom stereocenters. The van der Waals surface area contributed by atoms with E-state index in [1.54, 1.807) is 6.33 Å². The van der Waals surface area contributed by atoms with Crippen molar-refractivity contribution in [3.05, 3.63) is 53.0 Å². The molecule has 1 aliphatic carbocycles. The number of aromatic nitrogens is 2. The first-order valence-corrected chi connectivity index (χ1v) is 11.9. The van der Waals surface area contributed by atoms with Gasteiger partial charge in [0.1, 0.15) is 12.1 Å². The maximum Gasteiger partial charge on any atom is 0.416 e. The molecule has 1 saturated heterocycles. The minimum Gasteiger partial charge on any atom is -0.353 e. The number of aryl methyl sites for hydroxylation is 1. The van der Waals surface area contributed by atoms with E-state index in [9.17, 15) is 18.0 Å². The van der Waals surface area contributed by atoms with Crippen LogP contribution in [0.5, 0.6) is 0 Å². The average Bonchev–Trinajstić information content (AvgIpc) is 3.20. The number of halogens is 3. The third-order valence-electron chi connectivity index (χ3n) is 6.81. The molecule has 0 spiro atoms. The molecule has 1 aromatic heterocycles. The van der Waals surface area contributed by atoms with E-state index < -0.39 is 17.7 Å².